The summed E-state index contributed by atoms with van der Waals surface area (Å²) in [7, 11) is 3.06. The lowest BCUT2D eigenvalue weighted by atomic mass is 10.1. The van der Waals surface area contributed by atoms with Gasteiger partial charge in [0.2, 0.25) is 0 Å². The highest BCUT2D eigenvalue weighted by Gasteiger charge is 2.48. The highest BCUT2D eigenvalue weighted by atomic mass is 19.1. The minimum absolute atomic E-state index is 0.195. The van der Waals surface area contributed by atoms with Gasteiger partial charge in [0.25, 0.3) is 0 Å². The van der Waals surface area contributed by atoms with E-state index in [9.17, 15) is 9.50 Å². The maximum absolute atomic E-state index is 14.8. The summed E-state index contributed by atoms with van der Waals surface area (Å²) in [6.07, 6.45) is -1.73. The second-order valence-electron chi connectivity index (χ2n) is 7.27. The predicted molar refractivity (Wildman–Crippen MR) is 104 cm³/mol. The quantitative estimate of drug-likeness (QED) is 0.659. The maximum atomic E-state index is 14.8. The molecule has 0 radical (unpaired) electrons. The molecule has 2 aliphatic rings. The molecule has 8 nitrogen and oxygen atoms in total. The van der Waals surface area contributed by atoms with Crippen molar-refractivity contribution in [1.29, 1.82) is 0 Å². The molecule has 0 bridgehead atoms. The number of aromatic nitrogens is 2. The number of rotatable bonds is 5. The topological polar surface area (TPSA) is 95.1 Å². The zero-order valence-corrected chi connectivity index (χ0v) is 16.4. The summed E-state index contributed by atoms with van der Waals surface area (Å²) in [5.74, 6) is 0.996. The number of nitrogens with one attached hydrogen (secondary N) is 1. The molecule has 0 spiro atoms. The first-order chi connectivity index (χ1) is 14.6. The van der Waals surface area contributed by atoms with Crippen LogP contribution in [0.2, 0.25) is 0 Å². The van der Waals surface area contributed by atoms with Gasteiger partial charge in [0.1, 0.15) is 24.0 Å². The third-order valence-corrected chi connectivity index (χ3v) is 5.45. The van der Waals surface area contributed by atoms with Crippen molar-refractivity contribution in [1.82, 2.24) is 9.97 Å². The lowest BCUT2D eigenvalue weighted by Gasteiger charge is -2.16. The molecule has 1 aromatic carbocycles. The first-order valence-electron chi connectivity index (χ1n) is 9.57. The zero-order chi connectivity index (χ0) is 20.8. The smallest absolute Gasteiger partial charge is 0.193 e. The molecule has 158 valence electrons. The number of aromatic amines is 1. The molecule has 2 fully saturated rings. The highest BCUT2D eigenvalue weighted by Crippen LogP contribution is 2.35. The minimum atomic E-state index is -0.647. The van der Waals surface area contributed by atoms with Crippen molar-refractivity contribution in [3.05, 3.63) is 36.1 Å². The van der Waals surface area contributed by atoms with Crippen LogP contribution in [0.1, 0.15) is 0 Å². The van der Waals surface area contributed by atoms with Crippen LogP contribution in [-0.4, -0.2) is 66.9 Å². The van der Waals surface area contributed by atoms with Crippen LogP contribution in [-0.2, 0) is 9.47 Å². The number of aliphatic hydroxyl groups excluding tert-OH is 1. The van der Waals surface area contributed by atoms with E-state index in [1.165, 1.54) is 13.2 Å². The van der Waals surface area contributed by atoms with E-state index in [-0.39, 0.29) is 30.6 Å². The fourth-order valence-electron chi connectivity index (χ4n) is 3.96. The molecular weight excluding hydrogens is 395 g/mol. The van der Waals surface area contributed by atoms with Crippen LogP contribution < -0.4 is 14.2 Å². The Labute approximate surface area is 171 Å². The first-order valence-corrected chi connectivity index (χ1v) is 9.57. The summed E-state index contributed by atoms with van der Waals surface area (Å²) >= 11 is 0. The number of pyridine rings is 1. The number of aliphatic hydroxyl groups is 1. The van der Waals surface area contributed by atoms with Gasteiger partial charge in [0.05, 0.1) is 38.5 Å². The van der Waals surface area contributed by atoms with Crippen LogP contribution in [0.25, 0.3) is 22.3 Å². The van der Waals surface area contributed by atoms with Gasteiger partial charge in [-0.3, -0.25) is 0 Å². The Hall–Kier alpha value is -2.88. The van der Waals surface area contributed by atoms with E-state index >= 15 is 0 Å². The first kappa shape index (κ1) is 19.1. The molecule has 3 aromatic rings. The highest BCUT2D eigenvalue weighted by molar-refractivity contribution is 5.81. The fourth-order valence-corrected chi connectivity index (χ4v) is 3.96. The summed E-state index contributed by atoms with van der Waals surface area (Å²) in [5.41, 5.74) is 1.82. The van der Waals surface area contributed by atoms with E-state index in [1.54, 1.807) is 31.4 Å². The average Bonchev–Trinajstić information content (AvgIpc) is 3.44. The number of fused-ring (bicyclic) bond motifs is 2. The number of H-pyrrole nitrogens is 1. The third-order valence-electron chi connectivity index (χ3n) is 5.45. The normalized spacial score (nSPS) is 25.5. The molecule has 5 rings (SSSR count). The molecule has 2 aliphatic heterocycles. The summed E-state index contributed by atoms with van der Waals surface area (Å²) in [6, 6.07) is 8.20. The SMILES string of the molecule is COc1ccc(-c2nc3cc(O[C@@H]4CO[C@H]5[C@@H]4OC[C@H]5O)[nH]c3cc2F)cc1OC. The zero-order valence-electron chi connectivity index (χ0n) is 16.4. The largest absolute Gasteiger partial charge is 0.493 e. The summed E-state index contributed by atoms with van der Waals surface area (Å²) in [4.78, 5) is 7.50. The molecule has 2 aromatic heterocycles. The molecule has 0 saturated carbocycles. The van der Waals surface area contributed by atoms with Gasteiger partial charge in [-0.25, -0.2) is 9.37 Å². The van der Waals surface area contributed by atoms with E-state index in [0.29, 0.717) is 40.6 Å². The molecular formula is C21H21FN2O6. The lowest BCUT2D eigenvalue weighted by molar-refractivity contribution is 0.00794. The molecule has 9 heteroatoms. The Morgan fingerprint density at radius 1 is 1.07 bits per heavy atom. The Kier molecular flexibility index (Phi) is 4.73. The van der Waals surface area contributed by atoms with Crippen LogP contribution >= 0.6 is 0 Å². The van der Waals surface area contributed by atoms with Gasteiger partial charge in [-0.2, -0.15) is 0 Å². The van der Waals surface area contributed by atoms with Crippen LogP contribution in [0, 0.1) is 5.82 Å². The standard InChI is InChI=1S/C21H21FN2O6/c1-26-15-4-3-10(5-16(15)27-2)19-11(22)6-12-13(24-19)7-18(23-12)30-17-9-29-20-14(25)8-28-21(17)20/h3-7,14,17,20-21,23,25H,8-9H2,1-2H3/t14-,17-,20-,21-/m1/s1. The van der Waals surface area contributed by atoms with Crippen LogP contribution in [0.5, 0.6) is 17.4 Å². The third kappa shape index (κ3) is 3.15. The maximum Gasteiger partial charge on any atom is 0.193 e. The van der Waals surface area contributed by atoms with Crippen molar-refractivity contribution < 1.29 is 33.2 Å². The predicted octanol–water partition coefficient (Wildman–Crippen LogP) is 2.29. The summed E-state index contributed by atoms with van der Waals surface area (Å²) in [5, 5.41) is 9.86. The van der Waals surface area contributed by atoms with Gasteiger partial charge >= 0.3 is 0 Å². The minimum Gasteiger partial charge on any atom is -0.493 e. The van der Waals surface area contributed by atoms with Gasteiger partial charge in [0, 0.05) is 17.7 Å². The molecule has 0 amide bonds. The van der Waals surface area contributed by atoms with E-state index in [4.69, 9.17) is 23.7 Å². The van der Waals surface area contributed by atoms with Crippen LogP contribution in [0.3, 0.4) is 0 Å². The molecule has 0 unspecified atom stereocenters. The van der Waals surface area contributed by atoms with Gasteiger partial charge in [-0.15, -0.1) is 0 Å². The van der Waals surface area contributed by atoms with Crippen molar-refractivity contribution in [2.75, 3.05) is 27.4 Å². The fraction of sp³-hybridized carbons (Fsp3) is 0.381. The van der Waals surface area contributed by atoms with E-state index in [1.807, 2.05) is 0 Å². The van der Waals surface area contributed by atoms with Crippen molar-refractivity contribution in [2.24, 2.45) is 0 Å². The van der Waals surface area contributed by atoms with Gasteiger partial charge < -0.3 is 33.8 Å². The molecule has 30 heavy (non-hydrogen) atoms. The summed E-state index contributed by atoms with van der Waals surface area (Å²) in [6.45, 7) is 0.532. The van der Waals surface area contributed by atoms with Crippen LogP contribution in [0.4, 0.5) is 4.39 Å². The van der Waals surface area contributed by atoms with E-state index in [0.717, 1.165) is 0 Å². The number of methoxy groups -OCH3 is 2. The number of halogens is 1. The molecule has 0 aliphatic carbocycles. The van der Waals surface area contributed by atoms with Crippen molar-refractivity contribution in [2.45, 2.75) is 24.4 Å². The van der Waals surface area contributed by atoms with Crippen molar-refractivity contribution >= 4 is 11.0 Å². The number of ether oxygens (including phenoxy) is 5. The Bertz CT molecular complexity index is 1090. The molecule has 2 saturated heterocycles. The Morgan fingerprint density at radius 2 is 1.87 bits per heavy atom. The molecule has 4 heterocycles. The number of benzene rings is 1. The number of nitrogens with zero attached hydrogens (tertiary/aromatic N) is 1. The molecule has 2 N–H and O–H groups in total. The Balaban J connectivity index is 1.44. The van der Waals surface area contributed by atoms with E-state index < -0.39 is 11.9 Å². The number of hydrogen-bond acceptors (Lipinski definition) is 7. The van der Waals surface area contributed by atoms with Crippen LogP contribution in [0.15, 0.2) is 30.3 Å². The van der Waals surface area contributed by atoms with Gasteiger partial charge in [-0.1, -0.05) is 0 Å². The van der Waals surface area contributed by atoms with Crippen molar-refractivity contribution in [3.63, 3.8) is 0 Å². The van der Waals surface area contributed by atoms with Gasteiger partial charge in [-0.05, 0) is 18.2 Å². The van der Waals surface area contributed by atoms with E-state index in [2.05, 4.69) is 9.97 Å². The average molecular weight is 416 g/mol. The Morgan fingerprint density at radius 3 is 2.67 bits per heavy atom. The lowest BCUT2D eigenvalue weighted by Crippen LogP contribution is -2.34. The molecule has 4 atom stereocenters. The van der Waals surface area contributed by atoms with Gasteiger partial charge in [0.15, 0.2) is 29.3 Å². The number of hydrogen-bond donors (Lipinski definition) is 2. The monoisotopic (exact) mass is 416 g/mol. The second kappa shape index (κ2) is 7.42. The second-order valence-corrected chi connectivity index (χ2v) is 7.27. The van der Waals surface area contributed by atoms with Crippen molar-refractivity contribution in [3.8, 4) is 28.6 Å². The summed E-state index contributed by atoms with van der Waals surface area (Å²) < 4.78 is 42.4.